The number of amides is 1. The van der Waals surface area contributed by atoms with Gasteiger partial charge in [-0.1, -0.05) is 30.3 Å². The number of aromatic nitrogens is 2. The van der Waals surface area contributed by atoms with Crippen molar-refractivity contribution >= 4 is 36.5 Å². The van der Waals surface area contributed by atoms with Crippen LogP contribution in [0.2, 0.25) is 0 Å². The molecular weight excluding hydrogens is 385 g/mol. The summed E-state index contributed by atoms with van der Waals surface area (Å²) in [4.78, 5) is 17.2. The molecule has 3 heterocycles. The van der Waals surface area contributed by atoms with Crippen LogP contribution in [0, 0.1) is 0 Å². The second-order valence-electron chi connectivity index (χ2n) is 7.13. The van der Waals surface area contributed by atoms with Gasteiger partial charge in [-0.3, -0.25) is 19.3 Å². The van der Waals surface area contributed by atoms with Crippen LogP contribution in [0.1, 0.15) is 24.3 Å². The molecule has 6 nitrogen and oxygen atoms in total. The minimum atomic E-state index is -0.0875. The Kier molecular flexibility index (Phi) is 7.28. The average Bonchev–Trinajstić information content (AvgIpc) is 3.22. The van der Waals surface area contributed by atoms with Gasteiger partial charge in [-0.2, -0.15) is 5.10 Å². The first-order chi connectivity index (χ1) is 12.1. The molecule has 2 saturated heterocycles. The quantitative estimate of drug-likeness (QED) is 0.840. The molecule has 0 bridgehead atoms. The molecule has 0 saturated carbocycles. The zero-order chi connectivity index (χ0) is 17.4. The Morgan fingerprint density at radius 2 is 1.85 bits per heavy atom. The van der Waals surface area contributed by atoms with Gasteiger partial charge in [-0.05, 0) is 18.4 Å². The van der Waals surface area contributed by atoms with Crippen molar-refractivity contribution in [1.82, 2.24) is 14.7 Å². The molecule has 1 unspecified atom stereocenters. The van der Waals surface area contributed by atoms with E-state index in [0.717, 1.165) is 38.3 Å². The molecule has 0 aliphatic carbocycles. The van der Waals surface area contributed by atoms with Crippen molar-refractivity contribution in [3.8, 4) is 0 Å². The van der Waals surface area contributed by atoms with E-state index in [1.54, 1.807) is 4.68 Å². The summed E-state index contributed by atoms with van der Waals surface area (Å²) in [6, 6.07) is 12.3. The first-order valence-electron chi connectivity index (χ1n) is 8.99. The van der Waals surface area contributed by atoms with Crippen LogP contribution in [0.4, 0.5) is 5.82 Å². The minimum Gasteiger partial charge on any atom is -0.326 e. The summed E-state index contributed by atoms with van der Waals surface area (Å²) in [5.74, 6) is 1.20. The van der Waals surface area contributed by atoms with Crippen molar-refractivity contribution in [2.45, 2.75) is 30.8 Å². The van der Waals surface area contributed by atoms with Crippen LogP contribution >= 0.6 is 24.8 Å². The van der Waals surface area contributed by atoms with Crippen LogP contribution in [0.15, 0.2) is 42.6 Å². The highest BCUT2D eigenvalue weighted by atomic mass is 35.5. The Bertz CT molecular complexity index is 754. The Morgan fingerprint density at radius 3 is 2.52 bits per heavy atom. The number of halogens is 2. The summed E-state index contributed by atoms with van der Waals surface area (Å²) in [6.45, 7) is 2.36. The highest BCUT2D eigenvalue weighted by molar-refractivity contribution is 5.97. The van der Waals surface area contributed by atoms with Gasteiger partial charge in [0.05, 0.1) is 6.04 Å². The zero-order valence-corrected chi connectivity index (χ0v) is 17.0. The summed E-state index contributed by atoms with van der Waals surface area (Å²) in [5, 5.41) is 4.40. The predicted octanol–water partition coefficient (Wildman–Crippen LogP) is 2.19. The number of piperidine rings is 1. The highest BCUT2D eigenvalue weighted by Crippen LogP contribution is 2.31. The highest BCUT2D eigenvalue weighted by Gasteiger charge is 2.41. The van der Waals surface area contributed by atoms with Crippen LogP contribution in [-0.2, 0) is 11.8 Å². The average molecular weight is 412 g/mol. The molecule has 0 spiro atoms. The second-order valence-corrected chi connectivity index (χ2v) is 7.13. The fourth-order valence-corrected chi connectivity index (χ4v) is 4.14. The van der Waals surface area contributed by atoms with Crippen LogP contribution in [0.3, 0.4) is 0 Å². The lowest BCUT2D eigenvalue weighted by Crippen LogP contribution is -2.52. The number of nitrogens with zero attached hydrogens (tertiary/aromatic N) is 4. The maximum atomic E-state index is 13.1. The van der Waals surface area contributed by atoms with Crippen molar-refractivity contribution in [1.29, 1.82) is 0 Å². The van der Waals surface area contributed by atoms with E-state index >= 15 is 0 Å². The summed E-state index contributed by atoms with van der Waals surface area (Å²) in [5.41, 5.74) is 7.69. The van der Waals surface area contributed by atoms with Crippen LogP contribution in [0.25, 0.3) is 0 Å². The van der Waals surface area contributed by atoms with E-state index in [0.29, 0.717) is 5.92 Å². The van der Waals surface area contributed by atoms with E-state index in [1.807, 2.05) is 30.3 Å². The number of hydrogen-bond acceptors (Lipinski definition) is 4. The summed E-state index contributed by atoms with van der Waals surface area (Å²) in [7, 11) is 1.87. The molecule has 4 rings (SSSR count). The number of aryl methyl sites for hydroxylation is 1. The Labute approximate surface area is 172 Å². The van der Waals surface area contributed by atoms with Crippen LogP contribution < -0.4 is 10.6 Å². The van der Waals surface area contributed by atoms with E-state index in [9.17, 15) is 4.79 Å². The van der Waals surface area contributed by atoms with E-state index in [-0.39, 0.29) is 42.8 Å². The van der Waals surface area contributed by atoms with Gasteiger partial charge in [-0.25, -0.2) is 0 Å². The van der Waals surface area contributed by atoms with E-state index in [4.69, 9.17) is 5.73 Å². The summed E-state index contributed by atoms with van der Waals surface area (Å²) >= 11 is 0. The lowest BCUT2D eigenvalue weighted by atomic mass is 9.95. The van der Waals surface area contributed by atoms with Crippen molar-refractivity contribution in [2.75, 3.05) is 24.5 Å². The van der Waals surface area contributed by atoms with Gasteiger partial charge >= 0.3 is 0 Å². The second kappa shape index (κ2) is 9.06. The zero-order valence-electron chi connectivity index (χ0n) is 15.4. The lowest BCUT2D eigenvalue weighted by molar-refractivity contribution is -0.125. The molecule has 2 aromatic rings. The molecule has 148 valence electrons. The molecule has 1 aromatic carbocycles. The Balaban J connectivity index is 0.00000131. The number of hydrogen-bond donors (Lipinski definition) is 1. The molecule has 0 radical (unpaired) electrons. The fraction of sp³-hybridized carbons (Fsp3) is 0.474. The smallest absolute Gasteiger partial charge is 0.245 e. The van der Waals surface area contributed by atoms with Crippen molar-refractivity contribution in [2.24, 2.45) is 12.8 Å². The van der Waals surface area contributed by atoms with Gasteiger partial charge in [0.2, 0.25) is 5.91 Å². The molecule has 2 N–H and O–H groups in total. The van der Waals surface area contributed by atoms with Gasteiger partial charge in [0.15, 0.2) is 5.82 Å². The number of nitrogens with two attached hydrogens (primary N) is 1. The summed E-state index contributed by atoms with van der Waals surface area (Å²) < 4.78 is 1.74. The lowest BCUT2D eigenvalue weighted by Gasteiger charge is -2.35. The molecule has 1 aromatic heterocycles. The monoisotopic (exact) mass is 411 g/mol. The summed E-state index contributed by atoms with van der Waals surface area (Å²) in [6.07, 6.45) is 3.77. The number of carbonyl (C=O) groups is 1. The van der Waals surface area contributed by atoms with Gasteiger partial charge < -0.3 is 5.73 Å². The maximum Gasteiger partial charge on any atom is 0.245 e. The largest absolute Gasteiger partial charge is 0.326 e. The topological polar surface area (TPSA) is 67.4 Å². The standard InChI is InChI=1S/C19H25N5O.2ClH/c1-22-11-9-18(21-22)24-10-5-8-17(19(24)25)23-12-15(16(20)13-23)14-6-3-2-4-7-14;;/h2-4,6-7,9,11,15-17H,5,8,10,12-13,20H2,1H3;2*1H/t15-,16+,17?;;/m0../s1. The third-order valence-electron chi connectivity index (χ3n) is 5.45. The maximum absolute atomic E-state index is 13.1. The number of likely N-dealkylation sites (tertiary alicyclic amines) is 1. The fourth-order valence-electron chi connectivity index (χ4n) is 4.14. The number of carbonyl (C=O) groups excluding carboxylic acids is 1. The first kappa shape index (κ1) is 21.7. The third kappa shape index (κ3) is 4.29. The SMILES string of the molecule is Cl.Cl.Cn1ccc(N2CCCC(N3C[C@@H](N)[C@H](c4ccccc4)C3)C2=O)n1. The van der Waals surface area contributed by atoms with Gasteiger partial charge in [0, 0.05) is 50.9 Å². The van der Waals surface area contributed by atoms with Crippen LogP contribution in [0.5, 0.6) is 0 Å². The van der Waals surface area contributed by atoms with Crippen molar-refractivity contribution < 1.29 is 4.79 Å². The normalized spacial score (nSPS) is 25.8. The third-order valence-corrected chi connectivity index (χ3v) is 5.45. The predicted molar refractivity (Wildman–Crippen MR) is 112 cm³/mol. The van der Waals surface area contributed by atoms with Gasteiger partial charge in [0.1, 0.15) is 0 Å². The van der Waals surface area contributed by atoms with E-state index in [2.05, 4.69) is 34.3 Å². The molecular formula is C19H27Cl2N5O. The Morgan fingerprint density at radius 1 is 1.11 bits per heavy atom. The minimum absolute atomic E-state index is 0. The molecule has 2 aliphatic heterocycles. The first-order valence-corrected chi connectivity index (χ1v) is 8.99. The molecule has 27 heavy (non-hydrogen) atoms. The van der Waals surface area contributed by atoms with E-state index in [1.165, 1.54) is 5.56 Å². The molecule has 2 aliphatic rings. The number of benzene rings is 1. The van der Waals surface area contributed by atoms with Crippen molar-refractivity contribution in [3.63, 3.8) is 0 Å². The van der Waals surface area contributed by atoms with Crippen LogP contribution in [-0.4, -0.2) is 52.3 Å². The Hall–Kier alpha value is -1.60. The van der Waals surface area contributed by atoms with Gasteiger partial charge in [0.25, 0.3) is 0 Å². The number of rotatable bonds is 3. The van der Waals surface area contributed by atoms with Crippen molar-refractivity contribution in [3.05, 3.63) is 48.2 Å². The molecule has 2 fully saturated rings. The molecule has 8 heteroatoms. The molecule has 1 amide bonds. The molecule has 3 atom stereocenters. The van der Waals surface area contributed by atoms with E-state index < -0.39 is 0 Å². The number of anilines is 1. The van der Waals surface area contributed by atoms with Gasteiger partial charge in [-0.15, -0.1) is 24.8 Å².